The maximum atomic E-state index is 12.4. The zero-order chi connectivity index (χ0) is 15.6. The average Bonchev–Trinajstić information content (AvgIpc) is 3.17. The lowest BCUT2D eigenvalue weighted by Gasteiger charge is -2.17. The van der Waals surface area contributed by atoms with Crippen LogP contribution in [0.3, 0.4) is 0 Å². The molecule has 4 N–H and O–H groups in total. The molecule has 0 spiro atoms. The Bertz CT molecular complexity index is 583. The van der Waals surface area contributed by atoms with Crippen LogP contribution in [0.1, 0.15) is 18.4 Å². The number of carbonyl (C=O) groups excluding carboxylic acids is 2. The van der Waals surface area contributed by atoms with E-state index in [-0.39, 0.29) is 24.4 Å². The van der Waals surface area contributed by atoms with E-state index in [1.54, 1.807) is 6.07 Å². The Kier molecular flexibility index (Phi) is 4.33. The normalized spacial score (nSPS) is 19.7. The summed E-state index contributed by atoms with van der Waals surface area (Å²) in [6.07, 6.45) is 1.58. The topological polar surface area (TPSA) is 82.3 Å². The second-order valence-corrected chi connectivity index (χ2v) is 6.24. The minimum Gasteiger partial charge on any atom is -0.349 e. The molecule has 7 heteroatoms. The van der Waals surface area contributed by atoms with E-state index in [0.717, 1.165) is 18.4 Å². The first-order valence-electron chi connectivity index (χ1n) is 7.40. The highest BCUT2D eigenvalue weighted by Crippen LogP contribution is 2.48. The molecular weight excluding hydrogens is 304 g/mol. The molecule has 0 radical (unpaired) electrons. The second-order valence-electron chi connectivity index (χ2n) is 5.80. The number of nitrogens with one attached hydrogen (secondary N) is 4. The van der Waals surface area contributed by atoms with E-state index in [4.69, 9.17) is 11.6 Å². The van der Waals surface area contributed by atoms with E-state index in [1.807, 2.05) is 18.2 Å². The second kappa shape index (κ2) is 6.24. The summed E-state index contributed by atoms with van der Waals surface area (Å²) in [4.78, 5) is 24.3. The van der Waals surface area contributed by atoms with Crippen LogP contribution in [-0.2, 0) is 15.0 Å². The van der Waals surface area contributed by atoms with Gasteiger partial charge in [0, 0.05) is 18.1 Å². The largest absolute Gasteiger partial charge is 0.349 e. The lowest BCUT2D eigenvalue weighted by atomic mass is 9.95. The van der Waals surface area contributed by atoms with Gasteiger partial charge in [-0.05, 0) is 30.5 Å². The van der Waals surface area contributed by atoms with Gasteiger partial charge in [0.25, 0.3) is 0 Å². The summed E-state index contributed by atoms with van der Waals surface area (Å²) >= 11 is 6.00. The zero-order valence-corrected chi connectivity index (χ0v) is 12.9. The first-order valence-corrected chi connectivity index (χ1v) is 7.77. The predicted octanol–water partition coefficient (Wildman–Crippen LogP) is 0.0804. The first-order chi connectivity index (χ1) is 10.6. The first kappa shape index (κ1) is 15.3. The monoisotopic (exact) mass is 322 g/mol. The third kappa shape index (κ3) is 3.24. The Morgan fingerprint density at radius 3 is 2.64 bits per heavy atom. The standard InChI is InChI=1S/C15H19ClN4O2/c16-11-3-1-2-10(6-11)15(4-5-15)14(22)17-9-13(21)20-12-7-18-19-8-12/h1-3,6,12,18-19H,4-5,7-9H2,(H,17,22)(H,20,21). The quantitative estimate of drug-likeness (QED) is 0.619. The minimum absolute atomic E-state index is 0.00233. The lowest BCUT2D eigenvalue weighted by molar-refractivity contribution is -0.127. The molecule has 22 heavy (non-hydrogen) atoms. The highest BCUT2D eigenvalue weighted by molar-refractivity contribution is 6.30. The van der Waals surface area contributed by atoms with E-state index in [1.165, 1.54) is 0 Å². The molecule has 2 amide bonds. The van der Waals surface area contributed by atoms with Crippen molar-refractivity contribution >= 4 is 23.4 Å². The van der Waals surface area contributed by atoms with E-state index in [0.29, 0.717) is 18.1 Å². The molecule has 2 aliphatic rings. The van der Waals surface area contributed by atoms with Crippen LogP contribution in [0.15, 0.2) is 24.3 Å². The van der Waals surface area contributed by atoms with Crippen molar-refractivity contribution in [3.63, 3.8) is 0 Å². The molecule has 0 unspecified atom stereocenters. The van der Waals surface area contributed by atoms with Gasteiger partial charge in [-0.15, -0.1) is 0 Å². The van der Waals surface area contributed by atoms with Crippen LogP contribution in [0.2, 0.25) is 5.02 Å². The molecule has 1 saturated heterocycles. The van der Waals surface area contributed by atoms with Gasteiger partial charge < -0.3 is 10.6 Å². The molecule has 118 valence electrons. The highest BCUT2D eigenvalue weighted by Gasteiger charge is 2.51. The Hall–Kier alpha value is -1.63. The highest BCUT2D eigenvalue weighted by atomic mass is 35.5. The number of hydrogen-bond acceptors (Lipinski definition) is 4. The van der Waals surface area contributed by atoms with Crippen LogP contribution in [0.5, 0.6) is 0 Å². The van der Waals surface area contributed by atoms with Crippen molar-refractivity contribution in [1.29, 1.82) is 0 Å². The molecule has 1 aliphatic heterocycles. The van der Waals surface area contributed by atoms with Crippen molar-refractivity contribution in [2.45, 2.75) is 24.3 Å². The van der Waals surface area contributed by atoms with Gasteiger partial charge in [0.1, 0.15) is 0 Å². The van der Waals surface area contributed by atoms with Crippen LogP contribution in [0, 0.1) is 0 Å². The van der Waals surface area contributed by atoms with Crippen LogP contribution >= 0.6 is 11.6 Å². The van der Waals surface area contributed by atoms with Gasteiger partial charge in [-0.25, -0.2) is 0 Å². The van der Waals surface area contributed by atoms with E-state index >= 15 is 0 Å². The zero-order valence-electron chi connectivity index (χ0n) is 12.1. The van der Waals surface area contributed by atoms with Crippen LogP contribution in [0.4, 0.5) is 0 Å². The number of halogens is 1. The molecule has 1 aromatic carbocycles. The van der Waals surface area contributed by atoms with Gasteiger partial charge in [-0.2, -0.15) is 0 Å². The smallest absolute Gasteiger partial charge is 0.239 e. The SMILES string of the molecule is O=C(CNC(=O)C1(c2cccc(Cl)c2)CC1)NC1CNNC1. The molecule has 0 atom stereocenters. The summed E-state index contributed by atoms with van der Waals surface area (Å²) in [5.74, 6) is -0.279. The molecule has 1 aliphatic carbocycles. The van der Waals surface area contributed by atoms with Crippen LogP contribution < -0.4 is 21.5 Å². The van der Waals surface area contributed by atoms with Gasteiger partial charge in [0.15, 0.2) is 0 Å². The van der Waals surface area contributed by atoms with Gasteiger partial charge in [0.2, 0.25) is 11.8 Å². The third-order valence-electron chi connectivity index (χ3n) is 4.16. The molecule has 1 aromatic rings. The summed E-state index contributed by atoms with van der Waals surface area (Å²) in [6.45, 7) is 1.37. The van der Waals surface area contributed by atoms with Gasteiger partial charge in [0.05, 0.1) is 18.0 Å². The molecule has 6 nitrogen and oxygen atoms in total. The van der Waals surface area contributed by atoms with Crippen molar-refractivity contribution in [2.75, 3.05) is 19.6 Å². The van der Waals surface area contributed by atoms with Crippen molar-refractivity contribution in [2.24, 2.45) is 0 Å². The number of amides is 2. The van der Waals surface area contributed by atoms with Crippen molar-refractivity contribution in [3.8, 4) is 0 Å². The van der Waals surface area contributed by atoms with Crippen molar-refractivity contribution in [3.05, 3.63) is 34.9 Å². The maximum Gasteiger partial charge on any atom is 0.239 e. The number of rotatable bonds is 5. The summed E-state index contributed by atoms with van der Waals surface area (Å²) in [5.41, 5.74) is 6.28. The number of carbonyl (C=O) groups is 2. The van der Waals surface area contributed by atoms with Gasteiger partial charge >= 0.3 is 0 Å². The van der Waals surface area contributed by atoms with E-state index < -0.39 is 5.41 Å². The number of benzene rings is 1. The average molecular weight is 323 g/mol. The Balaban J connectivity index is 1.54. The molecule has 1 saturated carbocycles. The van der Waals surface area contributed by atoms with Crippen molar-refractivity contribution in [1.82, 2.24) is 21.5 Å². The van der Waals surface area contributed by atoms with Crippen LogP contribution in [-0.4, -0.2) is 37.5 Å². The van der Waals surface area contributed by atoms with Crippen LogP contribution in [0.25, 0.3) is 0 Å². The van der Waals surface area contributed by atoms with Crippen molar-refractivity contribution < 1.29 is 9.59 Å². The van der Waals surface area contributed by atoms with E-state index in [9.17, 15) is 9.59 Å². The molecular formula is C15H19ClN4O2. The maximum absolute atomic E-state index is 12.4. The predicted molar refractivity (Wildman–Crippen MR) is 83.3 cm³/mol. The Morgan fingerprint density at radius 2 is 2.00 bits per heavy atom. The third-order valence-corrected chi connectivity index (χ3v) is 4.39. The number of hydrazine groups is 1. The minimum atomic E-state index is -0.512. The fraction of sp³-hybridized carbons (Fsp3) is 0.467. The summed E-state index contributed by atoms with van der Waals surface area (Å²) in [6, 6.07) is 7.43. The fourth-order valence-electron chi connectivity index (χ4n) is 2.73. The van der Waals surface area contributed by atoms with E-state index in [2.05, 4.69) is 21.5 Å². The molecule has 3 rings (SSSR count). The lowest BCUT2D eigenvalue weighted by Crippen LogP contribution is -2.46. The molecule has 0 aromatic heterocycles. The molecule has 0 bridgehead atoms. The fourth-order valence-corrected chi connectivity index (χ4v) is 2.92. The Labute approximate surface area is 134 Å². The summed E-state index contributed by atoms with van der Waals surface area (Å²) in [5, 5.41) is 6.22. The number of hydrogen-bond donors (Lipinski definition) is 4. The Morgan fingerprint density at radius 1 is 1.27 bits per heavy atom. The summed E-state index contributed by atoms with van der Waals surface area (Å²) in [7, 11) is 0. The molecule has 1 heterocycles. The van der Waals surface area contributed by atoms with Gasteiger partial charge in [-0.1, -0.05) is 23.7 Å². The molecule has 2 fully saturated rings. The summed E-state index contributed by atoms with van der Waals surface area (Å²) < 4.78 is 0. The van der Waals surface area contributed by atoms with Gasteiger partial charge in [-0.3, -0.25) is 20.4 Å².